The molecule has 9 nitrogen and oxygen atoms in total. The Balaban J connectivity index is 2.04. The zero-order chi connectivity index (χ0) is 25.2. The van der Waals surface area contributed by atoms with Crippen molar-refractivity contribution in [1.82, 2.24) is 15.3 Å². The minimum absolute atomic E-state index is 0.105. The molecule has 1 atom stereocenters. The molecule has 0 aliphatic rings. The number of anilines is 2. The predicted molar refractivity (Wildman–Crippen MR) is 125 cm³/mol. The first-order valence-corrected chi connectivity index (χ1v) is 11.7. The van der Waals surface area contributed by atoms with Crippen molar-refractivity contribution in [3.05, 3.63) is 59.2 Å². The molecule has 0 fully saturated rings. The summed E-state index contributed by atoms with van der Waals surface area (Å²) in [6, 6.07) is 5.05. The number of pyridine rings is 2. The van der Waals surface area contributed by atoms with E-state index in [9.17, 15) is 18.7 Å². The predicted octanol–water partition coefficient (Wildman–Crippen LogP) is 3.07. The van der Waals surface area contributed by atoms with Crippen LogP contribution in [0.2, 0.25) is 0 Å². The Labute approximate surface area is 198 Å². The molecule has 0 bridgehead atoms. The molecule has 34 heavy (non-hydrogen) atoms. The molecule has 1 unspecified atom stereocenters. The summed E-state index contributed by atoms with van der Waals surface area (Å²) in [5.74, 6) is -5.00. The van der Waals surface area contributed by atoms with Gasteiger partial charge in [-0.25, -0.2) is 18.2 Å². The second-order valence-electron chi connectivity index (χ2n) is 6.59. The number of hydrogen-bond acceptors (Lipinski definition) is 9. The van der Waals surface area contributed by atoms with Crippen LogP contribution >= 0.6 is 21.8 Å². The Morgan fingerprint density at radius 1 is 1.26 bits per heavy atom. The van der Waals surface area contributed by atoms with Crippen molar-refractivity contribution in [2.45, 2.75) is 4.90 Å². The highest BCUT2D eigenvalue weighted by atomic mass is 33.1. The van der Waals surface area contributed by atoms with Crippen LogP contribution in [-0.2, 0) is 4.79 Å². The summed E-state index contributed by atoms with van der Waals surface area (Å²) in [5, 5.41) is 28.9. The summed E-state index contributed by atoms with van der Waals surface area (Å²) < 4.78 is 47.5. The summed E-state index contributed by atoms with van der Waals surface area (Å²) in [6.45, 7) is 0. The molecule has 14 heteroatoms. The van der Waals surface area contributed by atoms with Crippen LogP contribution in [0.3, 0.4) is 0 Å². The average molecular weight is 508 g/mol. The van der Waals surface area contributed by atoms with Gasteiger partial charge in [-0.1, -0.05) is 0 Å². The van der Waals surface area contributed by atoms with Gasteiger partial charge in [-0.15, -0.1) is 21.8 Å². The Hall–Kier alpha value is -3.96. The van der Waals surface area contributed by atoms with E-state index in [2.05, 4.69) is 31.7 Å². The Bertz CT molecular complexity index is 1360. The largest absolute Gasteiger partial charge is 0.492 e. The molecule has 0 aliphatic carbocycles. The molecule has 6 N–H and O–H groups in total. The van der Waals surface area contributed by atoms with E-state index in [1.165, 1.54) is 13.1 Å². The van der Waals surface area contributed by atoms with Gasteiger partial charge in [0.15, 0.2) is 11.6 Å². The van der Waals surface area contributed by atoms with E-state index < -0.39 is 62.0 Å². The van der Waals surface area contributed by atoms with Gasteiger partial charge in [0.2, 0.25) is 5.88 Å². The molecule has 0 spiro atoms. The first-order valence-electron chi connectivity index (χ1n) is 9.18. The highest BCUT2D eigenvalue weighted by molar-refractivity contribution is 8.78. The first kappa shape index (κ1) is 24.7. The van der Waals surface area contributed by atoms with Crippen molar-refractivity contribution in [2.75, 3.05) is 17.5 Å². The van der Waals surface area contributed by atoms with Gasteiger partial charge in [0.25, 0.3) is 5.91 Å². The number of aromatic nitrogens is 2. The maximum Gasteiger partial charge on any atom is 0.269 e. The molecule has 0 radical (unpaired) electrons. The lowest BCUT2D eigenvalue weighted by molar-refractivity contribution is -0.114. The van der Waals surface area contributed by atoms with Gasteiger partial charge in [-0.3, -0.25) is 15.2 Å². The van der Waals surface area contributed by atoms with Gasteiger partial charge in [0, 0.05) is 25.0 Å². The quantitative estimate of drug-likeness (QED) is 0.153. The third kappa shape index (κ3) is 4.56. The fourth-order valence-corrected chi connectivity index (χ4v) is 4.61. The highest BCUT2D eigenvalue weighted by Crippen LogP contribution is 2.46. The number of nitrogens with zero attached hydrogens (tertiary/aromatic N) is 3. The Morgan fingerprint density at radius 3 is 2.62 bits per heavy atom. The summed E-state index contributed by atoms with van der Waals surface area (Å²) in [7, 11) is -0.571. The second-order valence-corrected chi connectivity index (χ2v) is 9.12. The molecule has 0 saturated heterocycles. The zero-order valence-corrected chi connectivity index (χ0v) is 19.0. The van der Waals surface area contributed by atoms with Gasteiger partial charge in [0.05, 0.1) is 27.4 Å². The van der Waals surface area contributed by atoms with Crippen LogP contribution in [-0.4, -0.2) is 33.7 Å². The number of likely N-dealkylation sites (N-methyl/N-ethyl adjacent to an activating group) is 1. The normalized spacial score (nSPS) is 11.9. The monoisotopic (exact) mass is 507 g/mol. The van der Waals surface area contributed by atoms with Gasteiger partial charge in [0.1, 0.15) is 23.3 Å². The molecule has 3 aromatic rings. The van der Waals surface area contributed by atoms with Crippen molar-refractivity contribution < 1.29 is 23.1 Å². The third-order valence-corrected chi connectivity index (χ3v) is 6.72. The van der Waals surface area contributed by atoms with Gasteiger partial charge in [-0.2, -0.15) is 5.26 Å². The van der Waals surface area contributed by atoms with Crippen LogP contribution in [0.1, 0.15) is 11.1 Å². The zero-order valence-electron chi connectivity index (χ0n) is 17.2. The van der Waals surface area contributed by atoms with E-state index in [1.807, 2.05) is 6.07 Å². The molecule has 2 heterocycles. The maximum absolute atomic E-state index is 15.3. The number of hydrogen-bond donors (Lipinski definition) is 7. The Kier molecular flexibility index (Phi) is 7.18. The van der Waals surface area contributed by atoms with Crippen LogP contribution < -0.4 is 15.8 Å². The smallest absolute Gasteiger partial charge is 0.269 e. The van der Waals surface area contributed by atoms with Crippen molar-refractivity contribution in [2.24, 2.45) is 0 Å². The molecule has 0 aliphatic heterocycles. The lowest BCUT2D eigenvalue weighted by atomic mass is 10.0. The molecule has 1 amide bonds. The van der Waals surface area contributed by atoms with Crippen molar-refractivity contribution in [3.63, 3.8) is 0 Å². The minimum Gasteiger partial charge on any atom is -0.492 e. The fraction of sp³-hybridized carbons (Fsp3) is 0.0500. The molecule has 3 rings (SSSR count). The minimum atomic E-state index is -1.83. The van der Waals surface area contributed by atoms with Gasteiger partial charge < -0.3 is 20.9 Å². The van der Waals surface area contributed by atoms with E-state index in [1.54, 1.807) is 0 Å². The summed E-state index contributed by atoms with van der Waals surface area (Å²) >= 11 is 4.30. The van der Waals surface area contributed by atoms with Gasteiger partial charge >= 0.3 is 0 Å². The lowest BCUT2D eigenvalue weighted by Gasteiger charge is -2.21. The average Bonchev–Trinajstić information content (AvgIpc) is 2.82. The first-order chi connectivity index (χ1) is 16.1. The van der Waals surface area contributed by atoms with Crippen molar-refractivity contribution >= 4 is 44.8 Å². The number of carbonyl (C=O) groups is 1. The molecule has 1 aromatic carbocycles. The number of aromatic hydroxyl groups is 1. The second kappa shape index (κ2) is 9.89. The van der Waals surface area contributed by atoms with E-state index >= 15 is 4.39 Å². The molecule has 2 aromatic heterocycles. The summed E-state index contributed by atoms with van der Waals surface area (Å²) in [6.07, 6.45) is 2.01. The van der Waals surface area contributed by atoms with Crippen molar-refractivity contribution in [1.29, 1.82) is 10.7 Å². The van der Waals surface area contributed by atoms with E-state index in [0.717, 1.165) is 24.5 Å². The summed E-state index contributed by atoms with van der Waals surface area (Å²) in [5.41, 5.74) is 2.17. The number of carbonyl (C=O) groups excluding carboxylic acids is 1. The number of nitrogen functional groups attached to an aromatic ring is 1. The highest BCUT2D eigenvalue weighted by Gasteiger charge is 2.25. The summed E-state index contributed by atoms with van der Waals surface area (Å²) in [4.78, 5) is 19.1. The molecule has 176 valence electrons. The molecular weight excluding hydrogens is 491 g/mol. The number of nitrogens with two attached hydrogens (primary N) is 1. The lowest BCUT2D eigenvalue weighted by Crippen LogP contribution is -2.28. The number of amides is 1. The Morgan fingerprint density at radius 2 is 1.97 bits per heavy atom. The van der Waals surface area contributed by atoms with Crippen molar-refractivity contribution in [3.8, 4) is 23.2 Å². The molecular formula is C20H16F3N7O2S2. The van der Waals surface area contributed by atoms with E-state index in [4.69, 9.17) is 16.4 Å². The number of benzene rings is 1. The van der Waals surface area contributed by atoms with Crippen LogP contribution in [0.5, 0.6) is 5.88 Å². The van der Waals surface area contributed by atoms with Crippen LogP contribution in [0.4, 0.5) is 24.5 Å². The van der Waals surface area contributed by atoms with E-state index in [-0.39, 0.29) is 21.7 Å². The fourth-order valence-electron chi connectivity index (χ4n) is 2.82. The number of rotatable bonds is 6. The maximum atomic E-state index is 15.3. The third-order valence-electron chi connectivity index (χ3n) is 4.54. The number of nitriles is 1. The topological polar surface area (TPSA) is 161 Å². The standard InChI is InChI=1S/C20H16F3N7O2S2/c1-27-20(32)17(26)9-7-28-18(15(23)16(9)25)13-10(21)2-3-11(14(13)22)30-34(33)12-4-8(5-24)6-29-19(12)31/h2-4,6-7,26,30,33-34H,1H3,(H2,25,28)(H,27,32)(H,29,31). The number of halogens is 3. The van der Waals surface area contributed by atoms with Crippen LogP contribution in [0.25, 0.3) is 11.3 Å². The van der Waals surface area contributed by atoms with Crippen LogP contribution in [0.15, 0.2) is 35.5 Å². The van der Waals surface area contributed by atoms with E-state index in [0.29, 0.717) is 0 Å². The molecule has 0 saturated carbocycles. The number of thiol groups is 2. The van der Waals surface area contributed by atoms with Crippen LogP contribution in [0, 0.1) is 34.2 Å². The van der Waals surface area contributed by atoms with Gasteiger partial charge in [-0.05, 0) is 18.2 Å². The SMILES string of the molecule is CNC(=O)C(=N)c1cnc(-c2c(F)ccc(N[SH](S)c3cc(C#N)cnc3O)c2F)c(F)c1N. The number of nitrogens with one attached hydrogen (secondary N) is 3.